The normalized spacial score (nSPS) is 13.4. The number of aliphatic hydroxyl groups excluding tert-OH is 2. The second-order valence-corrected chi connectivity index (χ2v) is 5.15. The van der Waals surface area contributed by atoms with Crippen LogP contribution in [0.15, 0.2) is 29.2 Å². The van der Waals surface area contributed by atoms with Crippen molar-refractivity contribution in [1.29, 1.82) is 0 Å². The van der Waals surface area contributed by atoms with Gasteiger partial charge in [0.2, 0.25) is 0 Å². The molecule has 0 aliphatic rings. The Morgan fingerprint density at radius 2 is 1.68 bits per heavy atom. The van der Waals surface area contributed by atoms with Crippen molar-refractivity contribution in [3.05, 3.63) is 29.8 Å². The summed E-state index contributed by atoms with van der Waals surface area (Å²) in [5.74, 6) is 0. The predicted molar refractivity (Wildman–Crippen MR) is 83.7 cm³/mol. The average Bonchev–Trinajstić information content (AvgIpc) is 2.45. The van der Waals surface area contributed by atoms with Gasteiger partial charge in [-0.3, -0.25) is 0 Å². The Morgan fingerprint density at radius 1 is 1.16 bits per heavy atom. The van der Waals surface area contributed by atoms with Crippen LogP contribution < -0.4 is 5.32 Å². The molecule has 0 aromatic heterocycles. The van der Waals surface area contributed by atoms with E-state index in [-0.39, 0.29) is 12.6 Å². The van der Waals surface area contributed by atoms with Crippen LogP contribution in [0, 0.1) is 0 Å². The van der Waals surface area contributed by atoms with E-state index in [1.54, 1.807) is 11.8 Å². The molecule has 0 amide bonds. The van der Waals surface area contributed by atoms with E-state index in [2.05, 4.69) is 19.2 Å². The summed E-state index contributed by atoms with van der Waals surface area (Å²) in [5, 5.41) is 22.3. The summed E-state index contributed by atoms with van der Waals surface area (Å²) in [6.45, 7) is 6.86. The second-order valence-electron chi connectivity index (χ2n) is 4.27. The maximum atomic E-state index is 10.0. The Morgan fingerprint density at radius 3 is 2.05 bits per heavy atom. The number of hydrogen-bond donors (Lipinski definition) is 3. The van der Waals surface area contributed by atoms with Crippen LogP contribution in [0.5, 0.6) is 0 Å². The zero-order valence-electron chi connectivity index (χ0n) is 12.4. The molecule has 19 heavy (non-hydrogen) atoms. The highest BCUT2D eigenvalue weighted by molar-refractivity contribution is 7.98. The summed E-state index contributed by atoms with van der Waals surface area (Å²) >= 11 is 1.67. The molecule has 3 N–H and O–H groups in total. The van der Waals surface area contributed by atoms with Crippen molar-refractivity contribution in [1.82, 2.24) is 5.32 Å². The summed E-state index contributed by atoms with van der Waals surface area (Å²) in [6, 6.07) is 7.45. The first kappa shape index (κ1) is 18.4. The van der Waals surface area contributed by atoms with Crippen molar-refractivity contribution in [3.8, 4) is 0 Å². The molecule has 110 valence electrons. The first-order chi connectivity index (χ1) is 9.14. The molecule has 1 rings (SSSR count). The molecule has 3 nitrogen and oxygen atoms in total. The lowest BCUT2D eigenvalue weighted by Gasteiger charge is -2.22. The number of aliphatic hydroxyl groups is 2. The molecule has 1 aromatic carbocycles. The minimum atomic E-state index is -0.666. The molecule has 0 saturated heterocycles. The van der Waals surface area contributed by atoms with Crippen molar-refractivity contribution in [3.63, 3.8) is 0 Å². The van der Waals surface area contributed by atoms with Gasteiger partial charge < -0.3 is 15.5 Å². The smallest absolute Gasteiger partial charge is 0.0965 e. The Kier molecular flexibility index (Phi) is 11.0. The van der Waals surface area contributed by atoms with E-state index in [4.69, 9.17) is 5.11 Å². The predicted octanol–water partition coefficient (Wildman–Crippen LogP) is 2.83. The molecule has 0 saturated carbocycles. The van der Waals surface area contributed by atoms with E-state index in [9.17, 15) is 5.11 Å². The highest BCUT2D eigenvalue weighted by Gasteiger charge is 2.18. The third-order valence-corrected chi connectivity index (χ3v) is 3.25. The molecule has 0 bridgehead atoms. The van der Waals surface area contributed by atoms with Crippen LogP contribution in [-0.4, -0.2) is 35.7 Å². The van der Waals surface area contributed by atoms with Gasteiger partial charge in [0.25, 0.3) is 0 Å². The van der Waals surface area contributed by atoms with Crippen LogP contribution in [0.25, 0.3) is 0 Å². The fourth-order valence-corrected chi connectivity index (χ4v) is 1.98. The van der Waals surface area contributed by atoms with Gasteiger partial charge in [0, 0.05) is 4.90 Å². The van der Waals surface area contributed by atoms with E-state index in [0.717, 1.165) is 12.1 Å². The Bertz CT molecular complexity index is 316. The van der Waals surface area contributed by atoms with E-state index in [1.807, 2.05) is 37.4 Å². The van der Waals surface area contributed by atoms with E-state index >= 15 is 0 Å². The number of likely N-dealkylation sites (N-methyl/N-ethyl adjacent to an activating group) is 1. The monoisotopic (exact) mass is 285 g/mol. The molecule has 0 radical (unpaired) electrons. The van der Waals surface area contributed by atoms with Gasteiger partial charge in [-0.15, -0.1) is 11.8 Å². The number of thioether (sulfide) groups is 1. The number of rotatable bonds is 6. The van der Waals surface area contributed by atoms with Crippen LogP contribution in [0.1, 0.15) is 38.9 Å². The first-order valence-electron chi connectivity index (χ1n) is 6.80. The maximum Gasteiger partial charge on any atom is 0.0965 e. The first-order valence-corrected chi connectivity index (χ1v) is 8.03. The van der Waals surface area contributed by atoms with Crippen LogP contribution in [0.3, 0.4) is 0 Å². The van der Waals surface area contributed by atoms with Gasteiger partial charge in [-0.1, -0.05) is 39.3 Å². The zero-order chi connectivity index (χ0) is 14.7. The van der Waals surface area contributed by atoms with Gasteiger partial charge >= 0.3 is 0 Å². The molecular weight excluding hydrogens is 258 g/mol. The van der Waals surface area contributed by atoms with Crippen molar-refractivity contribution in [2.45, 2.75) is 44.2 Å². The topological polar surface area (TPSA) is 52.5 Å². The van der Waals surface area contributed by atoms with Crippen LogP contribution in [-0.2, 0) is 0 Å². The number of nitrogens with one attached hydrogen (secondary N) is 1. The van der Waals surface area contributed by atoms with Gasteiger partial charge in [0.1, 0.15) is 0 Å². The van der Waals surface area contributed by atoms with Gasteiger partial charge in [-0.05, 0) is 30.5 Å². The summed E-state index contributed by atoms with van der Waals surface area (Å²) in [6.07, 6.45) is 2.60. The Balaban J connectivity index is 0.000000982. The molecule has 4 heteroatoms. The van der Waals surface area contributed by atoms with Crippen molar-refractivity contribution < 1.29 is 10.2 Å². The van der Waals surface area contributed by atoms with Crippen molar-refractivity contribution in [2.75, 3.05) is 19.4 Å². The Labute approximate surface area is 121 Å². The summed E-state index contributed by atoms with van der Waals surface area (Å²) in [7, 11) is 0. The highest BCUT2D eigenvalue weighted by Crippen LogP contribution is 2.21. The van der Waals surface area contributed by atoms with Gasteiger partial charge in [0.05, 0.1) is 18.8 Å². The van der Waals surface area contributed by atoms with Gasteiger partial charge in [-0.25, -0.2) is 0 Å². The molecule has 0 unspecified atom stereocenters. The maximum absolute atomic E-state index is 10.0. The third kappa shape index (κ3) is 6.97. The molecule has 0 spiro atoms. The molecule has 2 atom stereocenters. The Hall–Kier alpha value is -0.550. The lowest BCUT2D eigenvalue weighted by Crippen LogP contribution is -2.37. The lowest BCUT2D eigenvalue weighted by atomic mass is 10.0. The van der Waals surface area contributed by atoms with Gasteiger partial charge in [0.15, 0.2) is 0 Å². The molecule has 0 heterocycles. The molecule has 1 aromatic rings. The van der Waals surface area contributed by atoms with Crippen molar-refractivity contribution >= 4 is 11.8 Å². The van der Waals surface area contributed by atoms with Crippen molar-refractivity contribution in [2.24, 2.45) is 0 Å². The lowest BCUT2D eigenvalue weighted by molar-refractivity contribution is 0.0910. The quantitative estimate of drug-likeness (QED) is 0.704. The molecule has 0 aliphatic heterocycles. The highest BCUT2D eigenvalue weighted by atomic mass is 32.2. The van der Waals surface area contributed by atoms with Crippen LogP contribution in [0.2, 0.25) is 0 Å². The van der Waals surface area contributed by atoms with Gasteiger partial charge in [-0.2, -0.15) is 0 Å². The largest absolute Gasteiger partial charge is 0.395 e. The molecule has 0 aliphatic carbocycles. The summed E-state index contributed by atoms with van der Waals surface area (Å²) < 4.78 is 0. The van der Waals surface area contributed by atoms with E-state index < -0.39 is 6.10 Å². The van der Waals surface area contributed by atoms with E-state index in [0.29, 0.717) is 0 Å². The SMILES string of the molecule is CCC.CCN[C@H](CO)[C@H](O)c1ccc(SC)cc1. The fraction of sp³-hybridized carbons (Fsp3) is 0.600. The van der Waals surface area contributed by atoms with Crippen LogP contribution in [0.4, 0.5) is 0 Å². The summed E-state index contributed by atoms with van der Waals surface area (Å²) in [4.78, 5) is 1.17. The second kappa shape index (κ2) is 11.3. The number of benzene rings is 1. The standard InChI is InChI=1S/C12H19NO2S.C3H8/c1-3-13-11(8-14)12(15)9-4-6-10(16-2)7-5-9;1-3-2/h4-7,11-15H,3,8H2,1-2H3;3H2,1-2H3/t11-,12-;/m1./s1. The average molecular weight is 285 g/mol. The minimum absolute atomic E-state index is 0.0702. The third-order valence-electron chi connectivity index (χ3n) is 2.50. The molecule has 0 fully saturated rings. The van der Waals surface area contributed by atoms with E-state index in [1.165, 1.54) is 11.3 Å². The molecular formula is C15H27NO2S. The van der Waals surface area contributed by atoms with Crippen LogP contribution >= 0.6 is 11.8 Å². The summed E-state index contributed by atoms with van der Waals surface area (Å²) in [5.41, 5.74) is 0.831. The zero-order valence-corrected chi connectivity index (χ0v) is 13.2. The minimum Gasteiger partial charge on any atom is -0.395 e. The number of hydrogen-bond acceptors (Lipinski definition) is 4. The fourth-order valence-electron chi connectivity index (χ4n) is 1.57.